The number of nitrogens with one attached hydrogen (secondary N) is 1. The maximum Gasteiger partial charge on any atom is 0.540 e. The molecular weight excluding hydrogens is 476 g/mol. The average molecular weight is 490 g/mol. The summed E-state index contributed by atoms with van der Waals surface area (Å²) in [6.07, 6.45) is -5.11. The first-order valence-corrected chi connectivity index (χ1v) is 9.34. The number of allylic oxidation sites excluding steroid dienone is 5. The van der Waals surface area contributed by atoms with E-state index in [4.69, 9.17) is 28.0 Å². The van der Waals surface area contributed by atoms with Gasteiger partial charge >= 0.3 is 13.3 Å². The number of nitriles is 3. The van der Waals surface area contributed by atoms with Gasteiger partial charge in [0.25, 0.3) is 0 Å². The van der Waals surface area contributed by atoms with Gasteiger partial charge in [0.15, 0.2) is 6.17 Å². The molecule has 1 saturated carbocycles. The molecule has 0 unspecified atom stereocenters. The Balaban J connectivity index is 2.25. The van der Waals surface area contributed by atoms with E-state index in [2.05, 4.69) is 34.6 Å². The van der Waals surface area contributed by atoms with Gasteiger partial charge in [-0.2, -0.15) is 15.8 Å². The van der Waals surface area contributed by atoms with Crippen LogP contribution in [0.15, 0.2) is 53.8 Å². The first-order chi connectivity index (χ1) is 20.9. The van der Waals surface area contributed by atoms with E-state index in [1.807, 2.05) is 0 Å². The Labute approximate surface area is 217 Å². The molecule has 4 rings (SSSR count). The lowest BCUT2D eigenvalue weighted by atomic mass is 10.1. The van der Waals surface area contributed by atoms with Crippen molar-refractivity contribution in [3.05, 3.63) is 109 Å². The first kappa shape index (κ1) is 16.0. The molecule has 0 atom stereocenters. The number of hydrogen-bond acceptors (Lipinski definition) is 10. The number of rotatable bonds is 4. The summed E-state index contributed by atoms with van der Waals surface area (Å²) >= 11 is 0. The van der Waals surface area contributed by atoms with Crippen LogP contribution in [0.3, 0.4) is 0 Å². The highest BCUT2D eigenvalue weighted by molar-refractivity contribution is 6.10. The van der Waals surface area contributed by atoms with Crippen molar-refractivity contribution in [3.63, 3.8) is 0 Å². The summed E-state index contributed by atoms with van der Waals surface area (Å²) in [4.78, 5) is 34.1. The minimum Gasteiger partial charge on any atom is -0.390 e. The van der Waals surface area contributed by atoms with Crippen molar-refractivity contribution in [1.82, 2.24) is 24.9 Å². The van der Waals surface area contributed by atoms with E-state index in [9.17, 15) is 20.6 Å². The van der Waals surface area contributed by atoms with Crippen molar-refractivity contribution < 1.29 is 19.5 Å². The lowest BCUT2D eigenvalue weighted by molar-refractivity contribution is -0.394. The normalized spacial score (nSPS) is 18.2. The van der Waals surface area contributed by atoms with Gasteiger partial charge in [-0.05, 0) is 33.2 Å². The summed E-state index contributed by atoms with van der Waals surface area (Å²) < 4.78 is 57.3. The molecule has 0 aliphatic heterocycles. The number of H-pyrrole nitrogens is 1. The van der Waals surface area contributed by atoms with Crippen LogP contribution in [-0.2, 0) is 0 Å². The molecule has 0 saturated heterocycles. The minimum absolute atomic E-state index is 0.223. The average Bonchev–Trinajstić information content (AvgIpc) is 3.70. The van der Waals surface area contributed by atoms with Crippen LogP contribution in [0.1, 0.15) is 30.7 Å². The third-order valence-corrected chi connectivity index (χ3v) is 4.48. The van der Waals surface area contributed by atoms with Gasteiger partial charge in [0, 0.05) is 17.9 Å². The minimum atomic E-state index is -1.12. The Morgan fingerprint density at radius 2 is 1.51 bits per heavy atom. The number of aromatic amines is 1. The molecule has 1 fully saturated rings. The summed E-state index contributed by atoms with van der Waals surface area (Å²) in [7, 11) is 0. The molecule has 3 aromatic heterocycles. The monoisotopic (exact) mass is 490 g/mol. The molecule has 3 aromatic rings. The Kier molecular flexibility index (Phi) is 4.18. The molecule has 170 valence electrons. The van der Waals surface area contributed by atoms with E-state index < -0.39 is 93.2 Å². The third kappa shape index (κ3) is 4.30. The van der Waals surface area contributed by atoms with Crippen LogP contribution in [0.2, 0.25) is 1.41 Å². The van der Waals surface area contributed by atoms with Gasteiger partial charge < -0.3 is 10.1 Å². The van der Waals surface area contributed by atoms with E-state index in [1.54, 1.807) is 18.2 Å². The van der Waals surface area contributed by atoms with Crippen molar-refractivity contribution in [2.45, 2.75) is 0 Å². The van der Waals surface area contributed by atoms with Crippen LogP contribution in [0.4, 0.5) is 11.9 Å². The molecule has 37 heavy (non-hydrogen) atoms. The Bertz CT molecular complexity index is 2150. The van der Waals surface area contributed by atoms with Gasteiger partial charge in [0.1, 0.15) is 42.2 Å². The molecule has 1 aliphatic rings. The molecule has 1 aliphatic carbocycles. The van der Waals surface area contributed by atoms with Gasteiger partial charge in [0.2, 0.25) is 11.5 Å². The number of nitro groups is 1. The maximum atomic E-state index is 11.1. The second-order valence-electron chi connectivity index (χ2n) is 6.43. The molecule has 14 heteroatoms. The smallest absolute Gasteiger partial charge is 0.390 e. The lowest BCUT2D eigenvalue weighted by Crippen LogP contribution is -2.04. The molecule has 0 bridgehead atoms. The fraction of sp³-hybridized carbons (Fsp3) is 0. The van der Waals surface area contributed by atoms with Crippen molar-refractivity contribution in [3.8, 4) is 18.2 Å². The van der Waals surface area contributed by atoms with Crippen LogP contribution < -0.4 is 4.98 Å². The van der Waals surface area contributed by atoms with Gasteiger partial charge in [-0.15, -0.1) is 0 Å². The molecular formula is C23H7N12O2+. The Morgan fingerprint density at radius 3 is 2.03 bits per heavy atom. The van der Waals surface area contributed by atoms with Crippen LogP contribution >= 0.6 is 0 Å². The van der Waals surface area contributed by atoms with Gasteiger partial charge in [-0.3, -0.25) is 4.85 Å². The van der Waals surface area contributed by atoms with E-state index in [0.717, 1.165) is 0 Å². The molecule has 0 radical (unpaired) electrons. The van der Waals surface area contributed by atoms with Crippen molar-refractivity contribution >= 4 is 28.7 Å². The standard InChI is InChI=1S/C23H6N12O2/c1-27-21(14-10-29-17(5-26)30-11-14)20-18(15(3-24)12-6-31-22(28-2)32-7-12)19(20)16(4-25)13-8-33-23(34-9-13)35(36)37/h6-11H/p+1/b18-15-,19-16+,21-20+/i6D,7D,8D,9D,10D,11D/hD. The molecule has 14 nitrogen and oxygen atoms in total. The predicted octanol–water partition coefficient (Wildman–Crippen LogP) is 2.41. The Hall–Kier alpha value is -6.69. The third-order valence-electron chi connectivity index (χ3n) is 4.48. The summed E-state index contributed by atoms with van der Waals surface area (Å²) in [5.74, 6) is -2.38. The number of aromatic nitrogens is 6. The highest BCUT2D eigenvalue weighted by Gasteiger charge is 2.42. The topological polar surface area (TPSA) is 202 Å². The second kappa shape index (κ2) is 9.66. The Morgan fingerprint density at radius 1 is 0.946 bits per heavy atom. The van der Waals surface area contributed by atoms with Crippen molar-refractivity contribution in [1.29, 1.82) is 15.8 Å². The summed E-state index contributed by atoms with van der Waals surface area (Å²) in [6.45, 7) is 14.9. The first-order valence-electron chi connectivity index (χ1n) is 12.8. The maximum absolute atomic E-state index is 11.1. The molecule has 0 amide bonds. The van der Waals surface area contributed by atoms with Crippen LogP contribution in [0.25, 0.3) is 26.5 Å². The highest BCUT2D eigenvalue weighted by Crippen LogP contribution is 2.56. The van der Waals surface area contributed by atoms with E-state index in [-0.39, 0.29) is 21.7 Å². The van der Waals surface area contributed by atoms with Crippen LogP contribution in [0, 0.1) is 57.3 Å². The van der Waals surface area contributed by atoms with Crippen molar-refractivity contribution in [2.75, 3.05) is 0 Å². The van der Waals surface area contributed by atoms with Crippen LogP contribution in [0.5, 0.6) is 0 Å². The largest absolute Gasteiger partial charge is 0.540 e. The number of hydrogen-bond donors (Lipinski definition) is 0. The highest BCUT2D eigenvalue weighted by atomic mass is 16.6. The quantitative estimate of drug-likeness (QED) is 0.226. The molecule has 3 heterocycles. The van der Waals surface area contributed by atoms with Gasteiger partial charge in [-0.1, -0.05) is 9.97 Å². The fourth-order valence-corrected chi connectivity index (χ4v) is 2.94. The molecule has 0 spiro atoms. The summed E-state index contributed by atoms with van der Waals surface area (Å²) in [5, 5.41) is 40.5. The zero-order valence-electron chi connectivity index (χ0n) is 24.7. The zero-order chi connectivity index (χ0) is 32.6. The lowest BCUT2D eigenvalue weighted by Gasteiger charge is -1.97. The molecule has 0 aromatic carbocycles. The molecule has 1 N–H and O–H groups in total. The van der Waals surface area contributed by atoms with Gasteiger partial charge in [-0.25, -0.2) is 19.8 Å². The van der Waals surface area contributed by atoms with Crippen LogP contribution in [-0.4, -0.2) is 29.8 Å². The summed E-state index contributed by atoms with van der Waals surface area (Å²) in [5.41, 5.74) is -4.82. The van der Waals surface area contributed by atoms with E-state index in [0.29, 0.717) is 0 Å². The predicted molar refractivity (Wildman–Crippen MR) is 121 cm³/mol. The van der Waals surface area contributed by atoms with E-state index >= 15 is 0 Å². The van der Waals surface area contributed by atoms with Crippen molar-refractivity contribution in [2.24, 2.45) is 0 Å². The fourth-order valence-electron chi connectivity index (χ4n) is 2.94. The van der Waals surface area contributed by atoms with E-state index in [1.165, 1.54) is 0 Å². The zero-order valence-corrected chi connectivity index (χ0v) is 17.7. The summed E-state index contributed by atoms with van der Waals surface area (Å²) in [6, 6.07) is 4.95. The second-order valence-corrected chi connectivity index (χ2v) is 6.43. The SMILES string of the molecule is [2H]c1nc([N+](=O)[O-])nc([2H])c1/C(C#N)=C1/C(=C(/[N+]#[C-])c2c([2H])nc(C#N)nc2[2H])/C1=C(/C#N)c1c([2H])nc([N+]#[C-])[n+]([2H])c1[2H]. The van der Waals surface area contributed by atoms with Gasteiger partial charge in [0.05, 0.1) is 31.6 Å². The number of nitrogens with zero attached hydrogens (tertiary/aromatic N) is 11.